The Balaban J connectivity index is 2.12. The van der Waals surface area contributed by atoms with Gasteiger partial charge in [-0.15, -0.1) is 0 Å². The van der Waals surface area contributed by atoms with E-state index in [1.54, 1.807) is 18.2 Å². The molecule has 1 aromatic heterocycles. The van der Waals surface area contributed by atoms with E-state index in [1.165, 1.54) is 13.0 Å². The third-order valence-electron chi connectivity index (χ3n) is 4.57. The molecular weight excluding hydrogens is 504 g/mol. The molecule has 0 spiro atoms. The zero-order valence-corrected chi connectivity index (χ0v) is 19.0. The average molecular weight is 519 g/mol. The summed E-state index contributed by atoms with van der Waals surface area (Å²) in [6, 6.07) is 8.32. The molecule has 0 aliphatic carbocycles. The van der Waals surface area contributed by atoms with Crippen molar-refractivity contribution in [2.75, 3.05) is 0 Å². The Morgan fingerprint density at radius 1 is 1.15 bits per heavy atom. The van der Waals surface area contributed by atoms with Gasteiger partial charge in [0, 0.05) is 18.0 Å². The van der Waals surface area contributed by atoms with E-state index < -0.39 is 46.7 Å². The summed E-state index contributed by atoms with van der Waals surface area (Å²) in [6.07, 6.45) is -6.16. The van der Waals surface area contributed by atoms with E-state index in [0.717, 1.165) is 30.9 Å². The topological polar surface area (TPSA) is 90.5 Å². The third-order valence-corrected chi connectivity index (χ3v) is 6.11. The van der Waals surface area contributed by atoms with Crippen LogP contribution in [0.3, 0.4) is 0 Å². The monoisotopic (exact) mass is 518 g/mol. The van der Waals surface area contributed by atoms with E-state index in [9.17, 15) is 31.9 Å². The standard InChI is InChI=1S/C21H15ClF4N2O5S/c1-10(19(30)31)33-14-5-3-4-6-15(14)34-16-8-13(12(23)7-11(16)22)28-18(29)9-17(21(24,25)26)27(2)20(28)32/h3-10H,1-2H3,(H,30,31). The number of carboxylic acids is 1. The van der Waals surface area contributed by atoms with Crippen LogP contribution in [0.1, 0.15) is 12.6 Å². The van der Waals surface area contributed by atoms with E-state index in [4.69, 9.17) is 21.4 Å². The van der Waals surface area contributed by atoms with E-state index in [2.05, 4.69) is 0 Å². The lowest BCUT2D eigenvalue weighted by molar-refractivity contribution is -0.145. The molecular formula is C21H15ClF4N2O5S. The van der Waals surface area contributed by atoms with Gasteiger partial charge in [-0.05, 0) is 31.2 Å². The molecule has 0 bridgehead atoms. The predicted molar refractivity (Wildman–Crippen MR) is 116 cm³/mol. The summed E-state index contributed by atoms with van der Waals surface area (Å²) in [5.41, 5.74) is -4.88. The predicted octanol–water partition coefficient (Wildman–Crippen LogP) is 4.35. The van der Waals surface area contributed by atoms with Gasteiger partial charge in [-0.2, -0.15) is 13.2 Å². The van der Waals surface area contributed by atoms with Crippen LogP contribution in [0.25, 0.3) is 5.69 Å². The van der Waals surface area contributed by atoms with Crippen LogP contribution >= 0.6 is 23.4 Å². The summed E-state index contributed by atoms with van der Waals surface area (Å²) < 4.78 is 59.9. The fourth-order valence-corrected chi connectivity index (χ4v) is 4.07. The number of ether oxygens (including phenoxy) is 1. The van der Waals surface area contributed by atoms with Crippen molar-refractivity contribution >= 4 is 29.3 Å². The molecule has 180 valence electrons. The van der Waals surface area contributed by atoms with Gasteiger partial charge in [-0.3, -0.25) is 9.36 Å². The number of alkyl halides is 3. The Bertz CT molecular complexity index is 1390. The van der Waals surface area contributed by atoms with Gasteiger partial charge in [-0.1, -0.05) is 35.5 Å². The molecule has 0 fully saturated rings. The highest BCUT2D eigenvalue weighted by Gasteiger charge is 2.35. The second-order valence-corrected chi connectivity index (χ2v) is 8.41. The molecule has 13 heteroatoms. The zero-order chi connectivity index (χ0) is 25.4. The SMILES string of the molecule is CC(Oc1ccccc1Sc1cc(-n2c(=O)cc(C(F)(F)F)n(C)c2=O)c(F)cc1Cl)C(=O)O. The van der Waals surface area contributed by atoms with Gasteiger partial charge in [0.2, 0.25) is 0 Å². The molecule has 3 aromatic rings. The number of hydrogen-bond acceptors (Lipinski definition) is 5. The van der Waals surface area contributed by atoms with Gasteiger partial charge in [0.15, 0.2) is 6.10 Å². The molecule has 7 nitrogen and oxygen atoms in total. The first-order valence-corrected chi connectivity index (χ1v) is 10.6. The summed E-state index contributed by atoms with van der Waals surface area (Å²) in [5.74, 6) is -2.15. The highest BCUT2D eigenvalue weighted by atomic mass is 35.5. The molecule has 1 unspecified atom stereocenters. The summed E-state index contributed by atoms with van der Waals surface area (Å²) in [7, 11) is 0.807. The number of carboxylic acid groups (broad SMARTS) is 1. The van der Waals surface area contributed by atoms with Crippen molar-refractivity contribution in [3.8, 4) is 11.4 Å². The fourth-order valence-electron chi connectivity index (χ4n) is 2.88. The van der Waals surface area contributed by atoms with E-state index >= 15 is 0 Å². The van der Waals surface area contributed by atoms with Crippen molar-refractivity contribution in [2.24, 2.45) is 7.05 Å². The highest BCUT2D eigenvalue weighted by molar-refractivity contribution is 7.99. The first kappa shape index (κ1) is 25.4. The second kappa shape index (κ2) is 9.55. The van der Waals surface area contributed by atoms with Crippen LogP contribution in [-0.2, 0) is 18.0 Å². The number of nitrogens with zero attached hydrogens (tertiary/aromatic N) is 2. The molecule has 1 atom stereocenters. The van der Waals surface area contributed by atoms with Gasteiger partial charge in [0.1, 0.15) is 17.3 Å². The Labute approximate surface area is 198 Å². The van der Waals surface area contributed by atoms with Crippen molar-refractivity contribution in [1.82, 2.24) is 9.13 Å². The summed E-state index contributed by atoms with van der Waals surface area (Å²) in [5, 5.41) is 8.96. The Hall–Kier alpha value is -3.25. The maximum absolute atomic E-state index is 14.7. The lowest BCUT2D eigenvalue weighted by atomic mass is 10.3. The molecule has 0 aliphatic heterocycles. The second-order valence-electron chi connectivity index (χ2n) is 6.92. The van der Waals surface area contributed by atoms with Crippen LogP contribution in [-0.4, -0.2) is 26.3 Å². The largest absolute Gasteiger partial charge is 0.479 e. The molecule has 1 N–H and O–H groups in total. The molecule has 0 saturated carbocycles. The number of aromatic nitrogens is 2. The highest BCUT2D eigenvalue weighted by Crippen LogP contribution is 2.40. The zero-order valence-electron chi connectivity index (χ0n) is 17.4. The van der Waals surface area contributed by atoms with Crippen molar-refractivity contribution in [3.05, 3.63) is 79.8 Å². The van der Waals surface area contributed by atoms with Crippen LogP contribution in [0, 0.1) is 5.82 Å². The van der Waals surface area contributed by atoms with Gasteiger partial charge in [0.05, 0.1) is 15.6 Å². The maximum Gasteiger partial charge on any atom is 0.431 e. The minimum absolute atomic E-state index is 0.121. The number of para-hydroxylation sites is 1. The van der Waals surface area contributed by atoms with Crippen LogP contribution < -0.4 is 16.0 Å². The Morgan fingerprint density at radius 2 is 1.79 bits per heavy atom. The van der Waals surface area contributed by atoms with E-state index in [-0.39, 0.29) is 30.9 Å². The van der Waals surface area contributed by atoms with Gasteiger partial charge < -0.3 is 9.84 Å². The van der Waals surface area contributed by atoms with Crippen LogP contribution in [0.2, 0.25) is 5.02 Å². The molecule has 0 amide bonds. The minimum Gasteiger partial charge on any atom is -0.479 e. The van der Waals surface area contributed by atoms with Crippen molar-refractivity contribution in [2.45, 2.75) is 29.0 Å². The number of aliphatic carboxylic acids is 1. The van der Waals surface area contributed by atoms with Crippen molar-refractivity contribution < 1.29 is 32.2 Å². The third kappa shape index (κ3) is 5.12. The quantitative estimate of drug-likeness (QED) is 0.488. The lowest BCUT2D eigenvalue weighted by Crippen LogP contribution is -2.41. The van der Waals surface area contributed by atoms with Crippen LogP contribution in [0.15, 0.2) is 61.8 Å². The summed E-state index contributed by atoms with van der Waals surface area (Å²) >= 11 is 7.04. The summed E-state index contributed by atoms with van der Waals surface area (Å²) in [4.78, 5) is 36.5. The first-order chi connectivity index (χ1) is 15.8. The van der Waals surface area contributed by atoms with Crippen molar-refractivity contribution in [1.29, 1.82) is 0 Å². The normalized spacial score (nSPS) is 12.4. The van der Waals surface area contributed by atoms with Crippen LogP contribution in [0.4, 0.5) is 17.6 Å². The number of hydrogen-bond donors (Lipinski definition) is 1. The number of rotatable bonds is 6. The van der Waals surface area contributed by atoms with Crippen LogP contribution in [0.5, 0.6) is 5.75 Å². The van der Waals surface area contributed by atoms with Crippen molar-refractivity contribution in [3.63, 3.8) is 0 Å². The molecule has 1 heterocycles. The fraction of sp³-hybridized carbons (Fsp3) is 0.190. The number of halogens is 5. The molecule has 34 heavy (non-hydrogen) atoms. The molecule has 0 radical (unpaired) electrons. The number of benzene rings is 2. The average Bonchev–Trinajstić information content (AvgIpc) is 2.74. The Kier molecular flexibility index (Phi) is 7.13. The smallest absolute Gasteiger partial charge is 0.431 e. The molecule has 0 saturated heterocycles. The van der Waals surface area contributed by atoms with Gasteiger partial charge in [0.25, 0.3) is 5.56 Å². The minimum atomic E-state index is -4.97. The molecule has 3 rings (SSSR count). The van der Waals surface area contributed by atoms with Gasteiger partial charge >= 0.3 is 17.8 Å². The Morgan fingerprint density at radius 3 is 2.41 bits per heavy atom. The maximum atomic E-state index is 14.7. The van der Waals surface area contributed by atoms with E-state index in [1.807, 2.05) is 0 Å². The van der Waals surface area contributed by atoms with E-state index in [0.29, 0.717) is 4.90 Å². The number of carbonyl (C=O) groups is 1. The van der Waals surface area contributed by atoms with Gasteiger partial charge in [-0.25, -0.2) is 18.5 Å². The molecule has 2 aromatic carbocycles. The lowest BCUT2D eigenvalue weighted by Gasteiger charge is -2.16. The molecule has 0 aliphatic rings. The first-order valence-electron chi connectivity index (χ1n) is 9.37. The summed E-state index contributed by atoms with van der Waals surface area (Å²) in [6.45, 7) is 1.32.